The molecule has 14 heavy (non-hydrogen) atoms. The molecule has 1 aromatic rings. The highest BCUT2D eigenvalue weighted by molar-refractivity contribution is 9.10. The van der Waals surface area contributed by atoms with E-state index in [9.17, 15) is 9.59 Å². The average molecular weight is 258 g/mol. The molecule has 0 spiro atoms. The second kappa shape index (κ2) is 4.76. The van der Waals surface area contributed by atoms with Gasteiger partial charge in [-0.05, 0) is 18.2 Å². The molecule has 0 aliphatic carbocycles. The first-order chi connectivity index (χ1) is 6.67. The Morgan fingerprint density at radius 1 is 1.50 bits per heavy atom. The number of amides is 1. The number of hydrogen-bond acceptors (Lipinski definition) is 3. The number of carbonyl (C=O) groups is 2. The second-order valence-electron chi connectivity index (χ2n) is 2.48. The molecular formula is C9H8BrNO3. The van der Waals surface area contributed by atoms with Gasteiger partial charge in [-0.25, -0.2) is 4.79 Å². The number of hydrogen-bond donors (Lipinski definition) is 1. The summed E-state index contributed by atoms with van der Waals surface area (Å²) < 4.78 is 5.25. The number of nitrogens with one attached hydrogen (secondary N) is 1. The lowest BCUT2D eigenvalue weighted by Gasteiger charge is -2.03. The van der Waals surface area contributed by atoms with Gasteiger partial charge in [0.1, 0.15) is 0 Å². The third-order valence-electron chi connectivity index (χ3n) is 1.54. The Bertz CT molecular complexity index is 365. The van der Waals surface area contributed by atoms with E-state index in [0.717, 1.165) is 0 Å². The fourth-order valence-electron chi connectivity index (χ4n) is 0.977. The highest BCUT2D eigenvalue weighted by Crippen LogP contribution is 2.19. The lowest BCUT2D eigenvalue weighted by atomic mass is 10.2. The molecule has 1 amide bonds. The maximum absolute atomic E-state index is 11.2. The monoisotopic (exact) mass is 257 g/mol. The highest BCUT2D eigenvalue weighted by Gasteiger charge is 2.07. The average Bonchev–Trinajstić information content (AvgIpc) is 2.16. The number of esters is 1. The summed E-state index contributed by atoms with van der Waals surface area (Å²) in [6.45, 7) is 0. The van der Waals surface area contributed by atoms with Crippen molar-refractivity contribution in [3.05, 3.63) is 28.2 Å². The Balaban J connectivity index is 3.06. The fourth-order valence-corrected chi connectivity index (χ4v) is 1.47. The molecule has 4 nitrogen and oxygen atoms in total. The number of halogens is 1. The zero-order chi connectivity index (χ0) is 10.6. The lowest BCUT2D eigenvalue weighted by Crippen LogP contribution is -2.03. The topological polar surface area (TPSA) is 55.4 Å². The van der Waals surface area contributed by atoms with E-state index < -0.39 is 5.97 Å². The predicted octanol–water partition coefficient (Wildman–Crippen LogP) is 1.80. The van der Waals surface area contributed by atoms with Crippen LogP contribution in [0.1, 0.15) is 10.4 Å². The highest BCUT2D eigenvalue weighted by atomic mass is 79.9. The molecule has 74 valence electrons. The van der Waals surface area contributed by atoms with E-state index in [-0.39, 0.29) is 0 Å². The van der Waals surface area contributed by atoms with E-state index in [0.29, 0.717) is 22.1 Å². The molecule has 0 unspecified atom stereocenters. The van der Waals surface area contributed by atoms with E-state index >= 15 is 0 Å². The van der Waals surface area contributed by atoms with Crippen LogP contribution in [0.25, 0.3) is 0 Å². The molecule has 0 saturated heterocycles. The molecule has 0 aliphatic rings. The van der Waals surface area contributed by atoms with E-state index in [1.54, 1.807) is 12.1 Å². The van der Waals surface area contributed by atoms with Crippen LogP contribution in [0.15, 0.2) is 22.7 Å². The van der Waals surface area contributed by atoms with Crippen molar-refractivity contribution in [1.82, 2.24) is 0 Å². The van der Waals surface area contributed by atoms with Gasteiger partial charge in [-0.15, -0.1) is 0 Å². The van der Waals surface area contributed by atoms with Crippen molar-refractivity contribution in [2.45, 2.75) is 0 Å². The lowest BCUT2D eigenvalue weighted by molar-refractivity contribution is -0.105. The van der Waals surface area contributed by atoms with E-state index in [1.807, 2.05) is 0 Å². The van der Waals surface area contributed by atoms with Gasteiger partial charge >= 0.3 is 5.97 Å². The summed E-state index contributed by atoms with van der Waals surface area (Å²) in [7, 11) is 1.30. The van der Waals surface area contributed by atoms with Crippen LogP contribution in [0.2, 0.25) is 0 Å². The number of carbonyl (C=O) groups excluding carboxylic acids is 2. The molecule has 0 bridgehead atoms. The molecule has 0 heterocycles. The summed E-state index contributed by atoms with van der Waals surface area (Å²) in [6, 6.07) is 4.83. The van der Waals surface area contributed by atoms with Crippen LogP contribution < -0.4 is 5.32 Å². The number of rotatable bonds is 3. The maximum Gasteiger partial charge on any atom is 0.337 e. The van der Waals surface area contributed by atoms with Crippen molar-refractivity contribution in [2.75, 3.05) is 12.4 Å². The first-order valence-electron chi connectivity index (χ1n) is 3.76. The van der Waals surface area contributed by atoms with Crippen molar-refractivity contribution in [3.63, 3.8) is 0 Å². The largest absolute Gasteiger partial charge is 0.465 e. The van der Waals surface area contributed by atoms with E-state index in [2.05, 4.69) is 26.0 Å². The third-order valence-corrected chi connectivity index (χ3v) is 2.00. The van der Waals surface area contributed by atoms with Crippen LogP contribution in [0, 0.1) is 0 Å². The van der Waals surface area contributed by atoms with Crippen molar-refractivity contribution in [2.24, 2.45) is 0 Å². The smallest absolute Gasteiger partial charge is 0.337 e. The summed E-state index contributed by atoms with van der Waals surface area (Å²) in [4.78, 5) is 21.4. The van der Waals surface area contributed by atoms with Crippen LogP contribution >= 0.6 is 15.9 Å². The van der Waals surface area contributed by atoms with Gasteiger partial charge in [0.05, 0.1) is 12.7 Å². The van der Waals surface area contributed by atoms with E-state index in [4.69, 9.17) is 0 Å². The Morgan fingerprint density at radius 2 is 2.21 bits per heavy atom. The fraction of sp³-hybridized carbons (Fsp3) is 0.111. The van der Waals surface area contributed by atoms with Gasteiger partial charge < -0.3 is 10.1 Å². The quantitative estimate of drug-likeness (QED) is 0.664. The van der Waals surface area contributed by atoms with Gasteiger partial charge in [-0.3, -0.25) is 4.79 Å². The van der Waals surface area contributed by atoms with Crippen LogP contribution in [0.3, 0.4) is 0 Å². The SMILES string of the molecule is COC(=O)c1cc(Br)cc(NC=O)c1. The Morgan fingerprint density at radius 3 is 2.79 bits per heavy atom. The second-order valence-corrected chi connectivity index (χ2v) is 3.40. The summed E-state index contributed by atoms with van der Waals surface area (Å²) in [5.41, 5.74) is 0.918. The van der Waals surface area contributed by atoms with Gasteiger partial charge in [-0.2, -0.15) is 0 Å². The van der Waals surface area contributed by atoms with Crippen molar-refractivity contribution < 1.29 is 14.3 Å². The number of anilines is 1. The minimum absolute atomic E-state index is 0.381. The molecule has 1 N–H and O–H groups in total. The molecule has 0 atom stereocenters. The first kappa shape index (κ1) is 10.7. The Kier molecular flexibility index (Phi) is 3.64. The Labute approximate surface area is 89.4 Å². The summed E-state index contributed by atoms with van der Waals surface area (Å²) in [6.07, 6.45) is 0.544. The normalized spacial score (nSPS) is 9.29. The standard InChI is InChI=1S/C9H8BrNO3/c1-14-9(13)6-2-7(10)4-8(3-6)11-5-12/h2-5H,1H3,(H,11,12). The van der Waals surface area contributed by atoms with Crippen LogP contribution in [0.5, 0.6) is 0 Å². The number of methoxy groups -OCH3 is 1. The third kappa shape index (κ3) is 2.56. The maximum atomic E-state index is 11.2. The first-order valence-corrected chi connectivity index (χ1v) is 4.55. The minimum Gasteiger partial charge on any atom is -0.465 e. The van der Waals surface area contributed by atoms with Gasteiger partial charge in [0.25, 0.3) is 0 Å². The van der Waals surface area contributed by atoms with Gasteiger partial charge in [-0.1, -0.05) is 15.9 Å². The van der Waals surface area contributed by atoms with Gasteiger partial charge in [0.15, 0.2) is 0 Å². The molecule has 0 aliphatic heterocycles. The molecule has 1 aromatic carbocycles. The molecule has 0 aromatic heterocycles. The Hall–Kier alpha value is -1.36. The molecule has 1 rings (SSSR count). The minimum atomic E-state index is -0.444. The van der Waals surface area contributed by atoms with Crippen LogP contribution in [0.4, 0.5) is 5.69 Å². The molecule has 0 fully saturated rings. The van der Waals surface area contributed by atoms with Gasteiger partial charge in [0.2, 0.25) is 6.41 Å². The van der Waals surface area contributed by atoms with E-state index in [1.165, 1.54) is 13.2 Å². The number of ether oxygens (including phenoxy) is 1. The van der Waals surface area contributed by atoms with Crippen LogP contribution in [-0.2, 0) is 9.53 Å². The van der Waals surface area contributed by atoms with Crippen molar-refractivity contribution >= 4 is 34.0 Å². The predicted molar refractivity (Wildman–Crippen MR) is 55.2 cm³/mol. The van der Waals surface area contributed by atoms with Crippen LogP contribution in [-0.4, -0.2) is 19.5 Å². The van der Waals surface area contributed by atoms with Crippen molar-refractivity contribution in [3.8, 4) is 0 Å². The molecule has 0 radical (unpaired) electrons. The van der Waals surface area contributed by atoms with Crippen molar-refractivity contribution in [1.29, 1.82) is 0 Å². The molecule has 5 heteroatoms. The summed E-state index contributed by atoms with van der Waals surface area (Å²) in [5, 5.41) is 2.45. The zero-order valence-electron chi connectivity index (χ0n) is 7.41. The van der Waals surface area contributed by atoms with Gasteiger partial charge in [0, 0.05) is 10.2 Å². The molecular weight excluding hydrogens is 250 g/mol. The summed E-state index contributed by atoms with van der Waals surface area (Å²) in [5.74, 6) is -0.444. The number of benzene rings is 1. The summed E-state index contributed by atoms with van der Waals surface area (Å²) >= 11 is 3.22. The zero-order valence-corrected chi connectivity index (χ0v) is 9.00. The molecule has 0 saturated carbocycles.